The number of likely N-dealkylation sites (tertiary alicyclic amines) is 1. The second-order valence-corrected chi connectivity index (χ2v) is 8.45. The van der Waals surface area contributed by atoms with Crippen molar-refractivity contribution in [1.82, 2.24) is 4.90 Å². The molecule has 1 heterocycles. The maximum atomic E-state index is 11.3. The normalized spacial score (nSPS) is 21.2. The van der Waals surface area contributed by atoms with Gasteiger partial charge in [-0.1, -0.05) is 36.4 Å². The number of rotatable bonds is 9. The number of aliphatic hydroxyl groups is 1. The van der Waals surface area contributed by atoms with Crippen molar-refractivity contribution in [2.75, 3.05) is 26.8 Å². The van der Waals surface area contributed by atoms with Crippen LogP contribution >= 0.6 is 0 Å². The zero-order chi connectivity index (χ0) is 22.5. The Hall–Kier alpha value is -2.25. The minimum absolute atomic E-state index is 0.215. The zero-order valence-electron chi connectivity index (χ0n) is 18.7. The van der Waals surface area contributed by atoms with E-state index in [1.807, 2.05) is 43.3 Å². The number of benzene rings is 2. The highest BCUT2D eigenvalue weighted by atomic mass is 16.5. The maximum Gasteiger partial charge on any atom is 0.335 e. The first-order valence-corrected chi connectivity index (χ1v) is 10.8. The average molecular weight is 428 g/mol. The standard InChI is InChI=1S/C25H33NO5/c1-16-11-19(9-10-22(16)25(28)29)24-8-6-5-7-23(24)18(3)31-15-20(27)13-26-14-21(30-4)12-17(26)2/h5-11,17-18,20-21,27H,12-15H2,1-4H3,(H,28,29). The molecule has 1 aliphatic rings. The predicted molar refractivity (Wildman–Crippen MR) is 120 cm³/mol. The number of hydrogen-bond donors (Lipinski definition) is 2. The van der Waals surface area contributed by atoms with E-state index in [0.29, 0.717) is 18.2 Å². The SMILES string of the molecule is COC1CC(C)N(CC(O)COC(C)c2ccccc2-c2ccc(C(=O)O)c(C)c2)C1. The minimum atomic E-state index is -0.924. The quantitative estimate of drug-likeness (QED) is 0.632. The Morgan fingerprint density at radius 1 is 1.26 bits per heavy atom. The molecule has 4 unspecified atom stereocenters. The van der Waals surface area contributed by atoms with Crippen LogP contribution in [0.25, 0.3) is 11.1 Å². The highest BCUT2D eigenvalue weighted by molar-refractivity contribution is 5.90. The molecular weight excluding hydrogens is 394 g/mol. The number of aryl methyl sites for hydroxylation is 1. The molecule has 6 heteroatoms. The lowest BCUT2D eigenvalue weighted by Gasteiger charge is -2.25. The summed E-state index contributed by atoms with van der Waals surface area (Å²) in [7, 11) is 1.73. The van der Waals surface area contributed by atoms with Gasteiger partial charge in [0.2, 0.25) is 0 Å². The second-order valence-electron chi connectivity index (χ2n) is 8.45. The molecular formula is C25H33NO5. The Morgan fingerprint density at radius 3 is 2.65 bits per heavy atom. The fourth-order valence-corrected chi connectivity index (χ4v) is 4.32. The number of methoxy groups -OCH3 is 1. The van der Waals surface area contributed by atoms with E-state index >= 15 is 0 Å². The summed E-state index contributed by atoms with van der Waals surface area (Å²) >= 11 is 0. The van der Waals surface area contributed by atoms with Gasteiger partial charge in [0.1, 0.15) is 0 Å². The van der Waals surface area contributed by atoms with Gasteiger partial charge in [0.15, 0.2) is 0 Å². The van der Waals surface area contributed by atoms with Crippen LogP contribution in [0.3, 0.4) is 0 Å². The van der Waals surface area contributed by atoms with E-state index in [9.17, 15) is 15.0 Å². The summed E-state index contributed by atoms with van der Waals surface area (Å²) in [5.74, 6) is -0.924. The van der Waals surface area contributed by atoms with Gasteiger partial charge in [-0.05, 0) is 55.5 Å². The second kappa shape index (κ2) is 10.4. The third-order valence-corrected chi connectivity index (χ3v) is 6.15. The first-order valence-electron chi connectivity index (χ1n) is 10.8. The molecule has 0 aromatic heterocycles. The molecule has 31 heavy (non-hydrogen) atoms. The van der Waals surface area contributed by atoms with Crippen molar-refractivity contribution in [2.24, 2.45) is 0 Å². The summed E-state index contributed by atoms with van der Waals surface area (Å²) in [5, 5.41) is 19.8. The lowest BCUT2D eigenvalue weighted by atomic mass is 9.94. The number of carboxylic acid groups (broad SMARTS) is 1. The molecule has 0 radical (unpaired) electrons. The number of nitrogens with zero attached hydrogens (tertiary/aromatic N) is 1. The van der Waals surface area contributed by atoms with E-state index in [2.05, 4.69) is 11.8 Å². The summed E-state index contributed by atoms with van der Waals surface area (Å²) in [6, 6.07) is 13.7. The lowest BCUT2D eigenvalue weighted by molar-refractivity contribution is -0.0175. The number of hydrogen-bond acceptors (Lipinski definition) is 5. The average Bonchev–Trinajstić information content (AvgIpc) is 3.11. The molecule has 1 aliphatic heterocycles. The fraction of sp³-hybridized carbons (Fsp3) is 0.480. The van der Waals surface area contributed by atoms with Crippen molar-refractivity contribution in [3.05, 3.63) is 59.2 Å². The van der Waals surface area contributed by atoms with Crippen molar-refractivity contribution in [3.63, 3.8) is 0 Å². The smallest absolute Gasteiger partial charge is 0.335 e. The Kier molecular flexibility index (Phi) is 7.84. The molecule has 3 rings (SSSR count). The molecule has 6 nitrogen and oxygen atoms in total. The summed E-state index contributed by atoms with van der Waals surface area (Å²) in [4.78, 5) is 13.6. The van der Waals surface area contributed by atoms with Gasteiger partial charge in [-0.2, -0.15) is 0 Å². The van der Waals surface area contributed by atoms with Crippen LogP contribution in [0.1, 0.15) is 47.9 Å². The van der Waals surface area contributed by atoms with Crippen LogP contribution in [-0.4, -0.2) is 66.1 Å². The van der Waals surface area contributed by atoms with Gasteiger partial charge >= 0.3 is 5.97 Å². The number of β-amino-alcohol motifs (C(OH)–C–C–N with tert-alkyl or cyclic N) is 1. The van der Waals surface area contributed by atoms with Crippen LogP contribution in [0.2, 0.25) is 0 Å². The first kappa shape index (κ1) is 23.4. The largest absolute Gasteiger partial charge is 0.478 e. The molecule has 1 saturated heterocycles. The number of carboxylic acids is 1. The Morgan fingerprint density at radius 2 is 2.00 bits per heavy atom. The highest BCUT2D eigenvalue weighted by Crippen LogP contribution is 2.31. The predicted octanol–water partition coefficient (Wildman–Crippen LogP) is 3.91. The summed E-state index contributed by atoms with van der Waals surface area (Å²) in [6.07, 6.45) is 0.413. The summed E-state index contributed by atoms with van der Waals surface area (Å²) in [6.45, 7) is 7.57. The molecule has 0 bridgehead atoms. The third kappa shape index (κ3) is 5.71. The van der Waals surface area contributed by atoms with E-state index in [-0.39, 0.29) is 18.8 Å². The molecule has 0 spiro atoms. The number of carbonyl (C=O) groups is 1. The minimum Gasteiger partial charge on any atom is -0.478 e. The molecule has 0 amide bonds. The summed E-state index contributed by atoms with van der Waals surface area (Å²) < 4.78 is 11.5. The molecule has 2 N–H and O–H groups in total. The van der Waals surface area contributed by atoms with Crippen LogP contribution in [0.4, 0.5) is 0 Å². The van der Waals surface area contributed by atoms with Crippen LogP contribution in [0, 0.1) is 6.92 Å². The first-order chi connectivity index (χ1) is 14.8. The van der Waals surface area contributed by atoms with E-state index in [1.54, 1.807) is 20.1 Å². The molecule has 2 aromatic carbocycles. The highest BCUT2D eigenvalue weighted by Gasteiger charge is 2.30. The Labute approximate surface area is 184 Å². The lowest BCUT2D eigenvalue weighted by Crippen LogP contribution is -2.37. The third-order valence-electron chi connectivity index (χ3n) is 6.15. The van der Waals surface area contributed by atoms with E-state index < -0.39 is 12.1 Å². The molecule has 1 fully saturated rings. The van der Waals surface area contributed by atoms with E-state index in [0.717, 1.165) is 35.2 Å². The maximum absolute atomic E-state index is 11.3. The van der Waals surface area contributed by atoms with Crippen molar-refractivity contribution >= 4 is 5.97 Å². The fourth-order valence-electron chi connectivity index (χ4n) is 4.32. The molecule has 0 saturated carbocycles. The van der Waals surface area contributed by atoms with Gasteiger partial charge in [-0.3, -0.25) is 4.90 Å². The van der Waals surface area contributed by atoms with Crippen molar-refractivity contribution in [2.45, 2.75) is 51.5 Å². The van der Waals surface area contributed by atoms with Crippen molar-refractivity contribution < 1.29 is 24.5 Å². The zero-order valence-corrected chi connectivity index (χ0v) is 18.7. The molecule has 4 atom stereocenters. The number of ether oxygens (including phenoxy) is 2. The topological polar surface area (TPSA) is 79.2 Å². The van der Waals surface area contributed by atoms with Crippen molar-refractivity contribution in [1.29, 1.82) is 0 Å². The molecule has 2 aromatic rings. The summed E-state index contributed by atoms with van der Waals surface area (Å²) in [5.41, 5.74) is 3.98. The van der Waals surface area contributed by atoms with Crippen LogP contribution in [-0.2, 0) is 9.47 Å². The van der Waals surface area contributed by atoms with E-state index in [4.69, 9.17) is 9.47 Å². The number of aliphatic hydroxyl groups excluding tert-OH is 1. The van der Waals surface area contributed by atoms with Gasteiger partial charge < -0.3 is 19.7 Å². The van der Waals surface area contributed by atoms with Crippen LogP contribution in [0.5, 0.6) is 0 Å². The van der Waals surface area contributed by atoms with Gasteiger partial charge in [0, 0.05) is 26.2 Å². The molecule has 0 aliphatic carbocycles. The Balaban J connectivity index is 1.66. The monoisotopic (exact) mass is 427 g/mol. The van der Waals surface area contributed by atoms with Gasteiger partial charge in [0.05, 0.1) is 30.5 Å². The van der Waals surface area contributed by atoms with Gasteiger partial charge in [-0.15, -0.1) is 0 Å². The number of aromatic carboxylic acids is 1. The van der Waals surface area contributed by atoms with Crippen molar-refractivity contribution in [3.8, 4) is 11.1 Å². The van der Waals surface area contributed by atoms with Crippen LogP contribution in [0.15, 0.2) is 42.5 Å². The van der Waals surface area contributed by atoms with Gasteiger partial charge in [0.25, 0.3) is 0 Å². The van der Waals surface area contributed by atoms with Crippen LogP contribution < -0.4 is 0 Å². The van der Waals surface area contributed by atoms with E-state index in [1.165, 1.54) is 0 Å². The molecule has 168 valence electrons. The van der Waals surface area contributed by atoms with Gasteiger partial charge in [-0.25, -0.2) is 4.79 Å². The Bertz CT molecular complexity index is 899.